The van der Waals surface area contributed by atoms with Crippen LogP contribution in [0.5, 0.6) is 0 Å². The Balaban J connectivity index is 2.64. The van der Waals surface area contributed by atoms with Gasteiger partial charge in [0.05, 0.1) is 0 Å². The van der Waals surface area contributed by atoms with Gasteiger partial charge < -0.3 is 0 Å². The first kappa shape index (κ1) is 14.3. The summed E-state index contributed by atoms with van der Waals surface area (Å²) in [4.78, 5) is 1.31. The third kappa shape index (κ3) is 4.94. The minimum Gasteiger partial charge on any atom is -0.271 e. The van der Waals surface area contributed by atoms with E-state index < -0.39 is 0 Å². The summed E-state index contributed by atoms with van der Waals surface area (Å²) in [6, 6.07) is 8.85. The van der Waals surface area contributed by atoms with E-state index in [1.165, 1.54) is 16.0 Å². The number of allylic oxidation sites excluding steroid dienone is 1. The van der Waals surface area contributed by atoms with Gasteiger partial charge in [-0.25, -0.2) is 0 Å². The molecule has 0 saturated carbocycles. The first-order valence-electron chi connectivity index (χ1n) is 6.00. The minimum atomic E-state index is 0.215. The molecule has 0 amide bonds. The summed E-state index contributed by atoms with van der Waals surface area (Å²) in [5.74, 6) is 6.71. The van der Waals surface area contributed by atoms with Crippen LogP contribution in [-0.4, -0.2) is 5.75 Å². The molecule has 2 nitrogen and oxygen atoms in total. The molecule has 1 rings (SSSR count). The van der Waals surface area contributed by atoms with Gasteiger partial charge in [0.2, 0.25) is 0 Å². The Kier molecular flexibility index (Phi) is 6.34. The number of benzene rings is 1. The van der Waals surface area contributed by atoms with Crippen molar-refractivity contribution in [2.45, 2.75) is 37.6 Å². The van der Waals surface area contributed by atoms with Gasteiger partial charge in [-0.1, -0.05) is 24.6 Å². The molecule has 0 spiro atoms. The van der Waals surface area contributed by atoms with E-state index in [-0.39, 0.29) is 6.04 Å². The second kappa shape index (κ2) is 7.54. The minimum absolute atomic E-state index is 0.215. The number of hydrogen-bond donors (Lipinski definition) is 2. The molecule has 94 valence electrons. The highest BCUT2D eigenvalue weighted by Crippen LogP contribution is 2.23. The number of rotatable bonds is 7. The summed E-state index contributed by atoms with van der Waals surface area (Å²) in [6.45, 7) is 8.13. The molecule has 17 heavy (non-hydrogen) atoms. The van der Waals surface area contributed by atoms with Gasteiger partial charge in [0.15, 0.2) is 0 Å². The van der Waals surface area contributed by atoms with E-state index in [1.807, 2.05) is 11.8 Å². The first-order valence-corrected chi connectivity index (χ1v) is 6.99. The van der Waals surface area contributed by atoms with Crippen LogP contribution in [0.3, 0.4) is 0 Å². The fourth-order valence-corrected chi connectivity index (χ4v) is 2.36. The molecule has 0 fully saturated rings. The van der Waals surface area contributed by atoms with Gasteiger partial charge >= 0.3 is 0 Å². The predicted octanol–water partition coefficient (Wildman–Crippen LogP) is 3.66. The molecule has 0 bridgehead atoms. The molecule has 1 atom stereocenters. The Hall–Kier alpha value is -0.770. The quantitative estimate of drug-likeness (QED) is 0.336. The standard InChI is InChI=1S/C14H22N2S/c1-4-17-13-8-6-12(7-9-13)14(16-15)10-5-11(2)3/h6-9,14,16H,2,4-5,10,15H2,1,3H3. The number of thioether (sulfide) groups is 1. The fourth-order valence-electron chi connectivity index (χ4n) is 1.70. The summed E-state index contributed by atoms with van der Waals surface area (Å²) >= 11 is 1.86. The van der Waals surface area contributed by atoms with Crippen LogP contribution in [0.25, 0.3) is 0 Å². The maximum absolute atomic E-state index is 5.60. The van der Waals surface area contributed by atoms with Crippen molar-refractivity contribution in [3.05, 3.63) is 42.0 Å². The van der Waals surface area contributed by atoms with Crippen LogP contribution in [0.1, 0.15) is 38.3 Å². The topological polar surface area (TPSA) is 38.0 Å². The lowest BCUT2D eigenvalue weighted by Gasteiger charge is -2.16. The van der Waals surface area contributed by atoms with Crippen molar-refractivity contribution in [2.75, 3.05) is 5.75 Å². The average molecular weight is 250 g/mol. The van der Waals surface area contributed by atoms with Crippen LogP contribution < -0.4 is 11.3 Å². The summed E-state index contributed by atoms with van der Waals surface area (Å²) in [7, 11) is 0. The molecular weight excluding hydrogens is 228 g/mol. The van der Waals surface area contributed by atoms with Crippen LogP contribution in [0.15, 0.2) is 41.3 Å². The number of nitrogens with one attached hydrogen (secondary N) is 1. The predicted molar refractivity (Wildman–Crippen MR) is 77.0 cm³/mol. The van der Waals surface area contributed by atoms with Gasteiger partial charge in [0.1, 0.15) is 0 Å². The number of hydrazine groups is 1. The van der Waals surface area contributed by atoms with Crippen molar-refractivity contribution < 1.29 is 0 Å². The number of hydrogen-bond acceptors (Lipinski definition) is 3. The van der Waals surface area contributed by atoms with E-state index in [9.17, 15) is 0 Å². The SMILES string of the molecule is C=C(C)CCC(NN)c1ccc(SCC)cc1. The highest BCUT2D eigenvalue weighted by atomic mass is 32.2. The van der Waals surface area contributed by atoms with E-state index in [2.05, 4.69) is 50.1 Å². The lowest BCUT2D eigenvalue weighted by molar-refractivity contribution is 0.515. The van der Waals surface area contributed by atoms with Gasteiger partial charge in [-0.05, 0) is 43.2 Å². The molecule has 0 aromatic heterocycles. The molecule has 1 aromatic rings. The molecular formula is C14H22N2S. The van der Waals surface area contributed by atoms with E-state index in [0.29, 0.717) is 0 Å². The summed E-state index contributed by atoms with van der Waals surface area (Å²) in [5.41, 5.74) is 5.32. The molecule has 1 aromatic carbocycles. The van der Waals surface area contributed by atoms with Gasteiger partial charge in [0, 0.05) is 10.9 Å². The molecule has 0 aliphatic carbocycles. The van der Waals surface area contributed by atoms with Crippen molar-refractivity contribution >= 4 is 11.8 Å². The van der Waals surface area contributed by atoms with Crippen molar-refractivity contribution in [1.29, 1.82) is 0 Å². The van der Waals surface area contributed by atoms with Crippen molar-refractivity contribution in [3.8, 4) is 0 Å². The highest BCUT2D eigenvalue weighted by Gasteiger charge is 2.09. The van der Waals surface area contributed by atoms with Crippen LogP contribution in [0, 0.1) is 0 Å². The Morgan fingerprint density at radius 2 is 2.06 bits per heavy atom. The lowest BCUT2D eigenvalue weighted by atomic mass is 10.0. The molecule has 3 N–H and O–H groups in total. The van der Waals surface area contributed by atoms with Gasteiger partial charge in [-0.3, -0.25) is 11.3 Å². The fraction of sp³-hybridized carbons (Fsp3) is 0.429. The van der Waals surface area contributed by atoms with Gasteiger partial charge in [0.25, 0.3) is 0 Å². The first-order chi connectivity index (χ1) is 8.17. The summed E-state index contributed by atoms with van der Waals surface area (Å²) in [5, 5.41) is 0. The second-order valence-corrected chi connectivity index (χ2v) is 5.55. The molecule has 0 heterocycles. The largest absolute Gasteiger partial charge is 0.271 e. The smallest absolute Gasteiger partial charge is 0.0463 e. The van der Waals surface area contributed by atoms with Crippen LogP contribution in [0.2, 0.25) is 0 Å². The molecule has 3 heteroatoms. The number of nitrogens with two attached hydrogens (primary N) is 1. The van der Waals surface area contributed by atoms with Crippen LogP contribution in [0.4, 0.5) is 0 Å². The molecule has 0 aliphatic rings. The third-order valence-electron chi connectivity index (χ3n) is 2.65. The second-order valence-electron chi connectivity index (χ2n) is 4.22. The van der Waals surface area contributed by atoms with Crippen molar-refractivity contribution in [1.82, 2.24) is 5.43 Å². The Morgan fingerprint density at radius 3 is 2.53 bits per heavy atom. The Morgan fingerprint density at radius 1 is 1.41 bits per heavy atom. The van der Waals surface area contributed by atoms with Gasteiger partial charge in [-0.2, -0.15) is 0 Å². The third-order valence-corrected chi connectivity index (χ3v) is 3.55. The molecule has 1 unspecified atom stereocenters. The average Bonchev–Trinajstić information content (AvgIpc) is 2.32. The maximum Gasteiger partial charge on any atom is 0.0463 e. The van der Waals surface area contributed by atoms with Crippen LogP contribution >= 0.6 is 11.8 Å². The normalized spacial score (nSPS) is 12.4. The molecule has 0 saturated heterocycles. The van der Waals surface area contributed by atoms with E-state index in [4.69, 9.17) is 5.84 Å². The lowest BCUT2D eigenvalue weighted by Crippen LogP contribution is -2.27. The molecule has 0 radical (unpaired) electrons. The van der Waals surface area contributed by atoms with Crippen molar-refractivity contribution in [3.63, 3.8) is 0 Å². The van der Waals surface area contributed by atoms with Crippen molar-refractivity contribution in [2.24, 2.45) is 5.84 Å². The summed E-state index contributed by atoms with van der Waals surface area (Å²) < 4.78 is 0. The molecule has 0 aliphatic heterocycles. The zero-order valence-electron chi connectivity index (χ0n) is 10.7. The van der Waals surface area contributed by atoms with E-state index >= 15 is 0 Å². The van der Waals surface area contributed by atoms with E-state index in [1.54, 1.807) is 0 Å². The monoisotopic (exact) mass is 250 g/mol. The zero-order valence-corrected chi connectivity index (χ0v) is 11.5. The Labute approximate surface area is 109 Å². The zero-order chi connectivity index (χ0) is 12.7. The van der Waals surface area contributed by atoms with Gasteiger partial charge in [-0.15, -0.1) is 18.3 Å². The summed E-state index contributed by atoms with van der Waals surface area (Å²) in [6.07, 6.45) is 1.99. The maximum atomic E-state index is 5.60. The Bertz CT molecular complexity index is 346. The highest BCUT2D eigenvalue weighted by molar-refractivity contribution is 7.99. The van der Waals surface area contributed by atoms with Crippen LogP contribution in [-0.2, 0) is 0 Å². The van der Waals surface area contributed by atoms with E-state index in [0.717, 1.165) is 18.6 Å².